The smallest absolute Gasteiger partial charge is 0.337 e. The maximum Gasteiger partial charge on any atom is 0.337 e. The van der Waals surface area contributed by atoms with Crippen LogP contribution in [0.5, 0.6) is 0 Å². The van der Waals surface area contributed by atoms with Crippen molar-refractivity contribution >= 4 is 5.97 Å². The second-order valence-electron chi connectivity index (χ2n) is 23.8. The average Bonchev–Trinajstić information content (AvgIpc) is 3.28. The highest BCUT2D eigenvalue weighted by Crippen LogP contribution is 2.76. The SMILES string of the molecule is COC(=O)[C@H]1O[C@@H](O[C@H]2CC[C@@]3(C)[C@@H](CC[C@]4(C)[C@@H]3CC=C3[C@@H]5CC(C)(C)C[C@@H](O)[C@]5(C)CC[C@]34C)[C@@]2(C)CO)[C@H](O[C@H]2O[C@H](CO)[C@H](O)[C@H](O)[C@H]2O[C@@H]2O[C@H](C)[C@@H](O)[C@H](O)[C@@H]2O)[C@@H](O)[C@@H]1O. The zero-order chi connectivity index (χ0) is 49.1. The fourth-order valence-corrected chi connectivity index (χ4v) is 15.2. The zero-order valence-electron chi connectivity index (χ0n) is 40.6. The molecule has 25 atom stereocenters. The van der Waals surface area contributed by atoms with Gasteiger partial charge in [-0.25, -0.2) is 4.79 Å². The first-order chi connectivity index (χ1) is 31.3. The van der Waals surface area contributed by atoms with Crippen molar-refractivity contribution in [3.05, 3.63) is 11.6 Å². The molecule has 3 heterocycles. The van der Waals surface area contributed by atoms with Crippen LogP contribution in [0, 0.1) is 50.2 Å². The molecule has 18 nitrogen and oxygen atoms in total. The van der Waals surface area contributed by atoms with Crippen molar-refractivity contribution < 1.29 is 89.0 Å². The number of fused-ring (bicyclic) bond motifs is 7. The van der Waals surface area contributed by atoms with Crippen LogP contribution in [0.3, 0.4) is 0 Å². The number of hydrogen-bond acceptors (Lipinski definition) is 18. The summed E-state index contributed by atoms with van der Waals surface area (Å²) >= 11 is 0. The Labute approximate surface area is 393 Å². The molecule has 0 unspecified atom stereocenters. The first kappa shape index (κ1) is 51.9. The van der Waals surface area contributed by atoms with Crippen molar-refractivity contribution in [1.29, 1.82) is 0 Å². The molecule has 0 aromatic heterocycles. The molecule has 0 bridgehead atoms. The molecule has 0 spiro atoms. The van der Waals surface area contributed by atoms with E-state index in [-0.39, 0.29) is 57.5 Å². The molecule has 18 heteroatoms. The predicted octanol–water partition coefficient (Wildman–Crippen LogP) is 0.793. The number of rotatable bonds is 9. The van der Waals surface area contributed by atoms with Crippen molar-refractivity contribution in [2.75, 3.05) is 20.3 Å². The molecule has 0 radical (unpaired) electrons. The minimum absolute atomic E-state index is 0.0229. The number of methoxy groups -OCH3 is 1. The molecule has 3 saturated heterocycles. The van der Waals surface area contributed by atoms with Gasteiger partial charge in [0, 0.05) is 10.8 Å². The van der Waals surface area contributed by atoms with Gasteiger partial charge in [-0.2, -0.15) is 0 Å². The van der Waals surface area contributed by atoms with Gasteiger partial charge in [-0.05, 0) is 104 Å². The molecule has 4 saturated carbocycles. The monoisotopic (exact) mass is 957 g/mol. The molecule has 0 amide bonds. The summed E-state index contributed by atoms with van der Waals surface area (Å²) in [5, 5.41) is 110. The van der Waals surface area contributed by atoms with Gasteiger partial charge < -0.3 is 84.2 Å². The van der Waals surface area contributed by atoms with E-state index in [0.717, 1.165) is 52.1 Å². The molecule has 0 aromatic rings. The van der Waals surface area contributed by atoms with Gasteiger partial charge in [0.25, 0.3) is 0 Å². The van der Waals surface area contributed by atoms with E-state index in [0.29, 0.717) is 12.8 Å². The molecule has 10 N–H and O–H groups in total. The second kappa shape index (κ2) is 18.3. The van der Waals surface area contributed by atoms with Crippen molar-refractivity contribution in [2.45, 2.75) is 218 Å². The number of hydrogen-bond donors (Lipinski definition) is 10. The summed E-state index contributed by atoms with van der Waals surface area (Å²) in [6, 6.07) is 0. The van der Waals surface area contributed by atoms with E-state index in [9.17, 15) is 55.9 Å². The Morgan fingerprint density at radius 3 is 1.96 bits per heavy atom. The highest BCUT2D eigenvalue weighted by Gasteiger charge is 2.70. The second-order valence-corrected chi connectivity index (χ2v) is 23.8. The van der Waals surface area contributed by atoms with Crippen molar-refractivity contribution in [3.63, 3.8) is 0 Å². The highest BCUT2D eigenvalue weighted by molar-refractivity contribution is 5.75. The lowest BCUT2D eigenvalue weighted by molar-refractivity contribution is -0.396. The van der Waals surface area contributed by atoms with E-state index < -0.39 is 116 Å². The molecule has 384 valence electrons. The Balaban J connectivity index is 1.08. The number of aliphatic hydroxyl groups is 10. The van der Waals surface area contributed by atoms with Gasteiger partial charge in [-0.15, -0.1) is 0 Å². The third-order valence-electron chi connectivity index (χ3n) is 19.7. The normalized spacial score (nSPS) is 55.2. The molecule has 8 aliphatic rings. The largest absolute Gasteiger partial charge is 0.467 e. The lowest BCUT2D eigenvalue weighted by atomic mass is 9.33. The molecular weight excluding hydrogens is 877 g/mol. The van der Waals surface area contributed by atoms with E-state index in [1.807, 2.05) is 6.92 Å². The Morgan fingerprint density at radius 2 is 1.31 bits per heavy atom. The Hall–Kier alpha value is -1.43. The van der Waals surface area contributed by atoms with Gasteiger partial charge >= 0.3 is 5.97 Å². The highest BCUT2D eigenvalue weighted by atomic mass is 16.8. The van der Waals surface area contributed by atoms with E-state index in [1.54, 1.807) is 0 Å². The maximum absolute atomic E-state index is 13.1. The molecule has 5 aliphatic carbocycles. The van der Waals surface area contributed by atoms with E-state index in [1.165, 1.54) is 12.5 Å². The summed E-state index contributed by atoms with van der Waals surface area (Å²) in [7, 11) is 1.10. The van der Waals surface area contributed by atoms with Crippen molar-refractivity contribution in [3.8, 4) is 0 Å². The molecule has 0 aromatic carbocycles. The number of carbonyl (C=O) groups excluding carboxylic acids is 1. The Bertz CT molecular complexity index is 1830. The van der Waals surface area contributed by atoms with Crippen LogP contribution < -0.4 is 0 Å². The standard InChI is InChI=1S/C49H80O18/c1-22-30(53)32(55)36(59)41(62-22)66-38-33(56)31(54)25(20-50)63-42(38)67-39-35(58)34(57)37(40(60)61-9)65-43(39)64-29-13-14-46(5)26(47(29,6)21-51)12-15-49(8)27(46)11-10-23-24-18-44(2,3)19-28(52)45(24,4)16-17-48(23,49)7/h10,22,24-39,41-43,50-59H,11-21H2,1-9H3/t22-,24+,25-,26-,27-,28-,29+,30-,31+,32+,33+,34+,35+,36+,37+,38-,39-,41+,42-,43-,45-,46+,47-,48-,49-/m1/s1. The topological polar surface area (TPSA) is 284 Å². The van der Waals surface area contributed by atoms with Crippen molar-refractivity contribution in [2.24, 2.45) is 50.2 Å². The predicted molar refractivity (Wildman–Crippen MR) is 235 cm³/mol. The first-order valence-corrected chi connectivity index (χ1v) is 24.6. The third-order valence-corrected chi connectivity index (χ3v) is 19.7. The van der Waals surface area contributed by atoms with Crippen LogP contribution in [0.2, 0.25) is 0 Å². The van der Waals surface area contributed by atoms with Gasteiger partial charge in [-0.1, -0.05) is 60.1 Å². The van der Waals surface area contributed by atoms with E-state index in [2.05, 4.69) is 47.6 Å². The number of allylic oxidation sites excluding steroid dienone is 2. The Morgan fingerprint density at radius 1 is 0.672 bits per heavy atom. The minimum atomic E-state index is -1.95. The molecule has 7 fully saturated rings. The van der Waals surface area contributed by atoms with Crippen LogP contribution in [0.4, 0.5) is 0 Å². The number of carbonyl (C=O) groups is 1. The maximum atomic E-state index is 13.1. The summed E-state index contributed by atoms with van der Waals surface area (Å²) in [6.07, 6.45) is -16.6. The van der Waals surface area contributed by atoms with Crippen molar-refractivity contribution in [1.82, 2.24) is 0 Å². The molecule has 8 rings (SSSR count). The lowest BCUT2D eigenvalue weighted by Gasteiger charge is -2.72. The number of aliphatic hydroxyl groups excluding tert-OH is 10. The summed E-state index contributed by atoms with van der Waals surface area (Å²) < 4.78 is 41.6. The van der Waals surface area contributed by atoms with Gasteiger partial charge in [-0.3, -0.25) is 0 Å². The van der Waals surface area contributed by atoms with Crippen LogP contribution in [0.1, 0.15) is 113 Å². The first-order valence-electron chi connectivity index (χ1n) is 24.6. The van der Waals surface area contributed by atoms with Crippen LogP contribution >= 0.6 is 0 Å². The van der Waals surface area contributed by atoms with Gasteiger partial charge in [0.1, 0.15) is 61.0 Å². The van der Waals surface area contributed by atoms with Gasteiger partial charge in [0.2, 0.25) is 0 Å². The molecular formula is C49H80O18. The number of ether oxygens (including phenoxy) is 7. The number of esters is 1. The van der Waals surface area contributed by atoms with E-state index in [4.69, 9.17) is 33.2 Å². The van der Waals surface area contributed by atoms with Gasteiger partial charge in [0.05, 0.1) is 38.6 Å². The fourth-order valence-electron chi connectivity index (χ4n) is 15.2. The van der Waals surface area contributed by atoms with Crippen LogP contribution in [-0.4, -0.2) is 182 Å². The Kier molecular flexibility index (Phi) is 14.1. The quantitative estimate of drug-likeness (QED) is 0.0869. The van der Waals surface area contributed by atoms with Gasteiger partial charge in [0.15, 0.2) is 25.0 Å². The van der Waals surface area contributed by atoms with E-state index >= 15 is 0 Å². The summed E-state index contributed by atoms with van der Waals surface area (Å²) in [6.45, 7) is 16.5. The fraction of sp³-hybridized carbons (Fsp3) is 0.939. The third kappa shape index (κ3) is 8.11. The summed E-state index contributed by atoms with van der Waals surface area (Å²) in [5.74, 6) is -0.520. The summed E-state index contributed by atoms with van der Waals surface area (Å²) in [4.78, 5) is 13.1. The lowest BCUT2D eigenvalue weighted by Crippen LogP contribution is -2.68. The average molecular weight is 957 g/mol. The molecule has 67 heavy (non-hydrogen) atoms. The molecule has 3 aliphatic heterocycles. The van der Waals surface area contributed by atoms with Crippen LogP contribution in [0.25, 0.3) is 0 Å². The minimum Gasteiger partial charge on any atom is -0.467 e. The summed E-state index contributed by atoms with van der Waals surface area (Å²) in [5.41, 5.74) is 0.0428. The van der Waals surface area contributed by atoms with Crippen LogP contribution in [-0.2, 0) is 38.0 Å². The van der Waals surface area contributed by atoms with Crippen LogP contribution in [0.15, 0.2) is 11.6 Å². The zero-order valence-corrected chi connectivity index (χ0v) is 40.6.